The summed E-state index contributed by atoms with van der Waals surface area (Å²) in [5.41, 5.74) is 9.20. The molecule has 21 heavy (non-hydrogen) atoms. The maximum absolute atomic E-state index is 12.2. The van der Waals surface area contributed by atoms with Crippen molar-refractivity contribution in [1.82, 2.24) is 0 Å². The number of nitrogens with two attached hydrogens (primary N) is 1. The van der Waals surface area contributed by atoms with E-state index in [4.69, 9.17) is 5.73 Å². The number of hydrogen-bond acceptors (Lipinski definition) is 3. The standard InChI is InChI=1S/C17H14N2OS/c18-14-7-4-8-15(10-14)19-17(20)16-9-13(11-21-16)12-5-2-1-3-6-12/h1-11H,18H2,(H,19,20). The van der Waals surface area contributed by atoms with Crippen molar-refractivity contribution in [2.24, 2.45) is 0 Å². The van der Waals surface area contributed by atoms with Crippen molar-refractivity contribution >= 4 is 28.6 Å². The number of rotatable bonds is 3. The maximum Gasteiger partial charge on any atom is 0.265 e. The molecular formula is C17H14N2OS. The van der Waals surface area contributed by atoms with E-state index in [9.17, 15) is 4.79 Å². The number of carbonyl (C=O) groups excluding carboxylic acids is 1. The molecule has 0 saturated carbocycles. The summed E-state index contributed by atoms with van der Waals surface area (Å²) in [5, 5.41) is 4.84. The molecule has 0 bridgehead atoms. The van der Waals surface area contributed by atoms with Gasteiger partial charge in [0, 0.05) is 11.4 Å². The minimum atomic E-state index is -0.118. The van der Waals surface area contributed by atoms with Crippen LogP contribution in [-0.4, -0.2) is 5.91 Å². The first-order valence-corrected chi connectivity index (χ1v) is 7.41. The molecule has 0 unspecified atom stereocenters. The predicted octanol–water partition coefficient (Wildman–Crippen LogP) is 4.25. The topological polar surface area (TPSA) is 55.1 Å². The lowest BCUT2D eigenvalue weighted by atomic mass is 10.1. The van der Waals surface area contributed by atoms with Crippen LogP contribution in [0, 0.1) is 0 Å². The molecule has 0 aliphatic carbocycles. The zero-order valence-corrected chi connectivity index (χ0v) is 12.1. The Hall–Kier alpha value is -2.59. The number of nitrogen functional groups attached to an aromatic ring is 1. The van der Waals surface area contributed by atoms with Crippen LogP contribution in [0.3, 0.4) is 0 Å². The summed E-state index contributed by atoms with van der Waals surface area (Å²) in [4.78, 5) is 12.9. The van der Waals surface area contributed by atoms with E-state index in [1.807, 2.05) is 53.9 Å². The minimum absolute atomic E-state index is 0.118. The highest BCUT2D eigenvalue weighted by molar-refractivity contribution is 7.12. The molecule has 0 spiro atoms. The number of nitrogens with one attached hydrogen (secondary N) is 1. The lowest BCUT2D eigenvalue weighted by Crippen LogP contribution is -2.10. The highest BCUT2D eigenvalue weighted by Crippen LogP contribution is 2.26. The highest BCUT2D eigenvalue weighted by Gasteiger charge is 2.10. The molecule has 0 saturated heterocycles. The highest BCUT2D eigenvalue weighted by atomic mass is 32.1. The zero-order valence-electron chi connectivity index (χ0n) is 11.2. The molecule has 3 aromatic rings. The quantitative estimate of drug-likeness (QED) is 0.709. The first-order valence-electron chi connectivity index (χ1n) is 6.53. The molecule has 0 aliphatic heterocycles. The van der Waals surface area contributed by atoms with Crippen molar-refractivity contribution in [2.45, 2.75) is 0 Å². The molecule has 3 nitrogen and oxygen atoms in total. The third-order valence-corrected chi connectivity index (χ3v) is 4.00. The fraction of sp³-hybridized carbons (Fsp3) is 0. The molecule has 3 N–H and O–H groups in total. The molecule has 1 amide bonds. The molecule has 0 atom stereocenters. The van der Waals surface area contributed by atoms with Gasteiger partial charge in [0.2, 0.25) is 0 Å². The predicted molar refractivity (Wildman–Crippen MR) is 88.6 cm³/mol. The molecule has 0 aliphatic rings. The van der Waals surface area contributed by atoms with Gasteiger partial charge in [0.25, 0.3) is 5.91 Å². The third kappa shape index (κ3) is 3.12. The van der Waals surface area contributed by atoms with Crippen LogP contribution in [0.15, 0.2) is 66.0 Å². The van der Waals surface area contributed by atoms with Gasteiger partial charge in [0.05, 0.1) is 4.88 Å². The van der Waals surface area contributed by atoms with E-state index in [1.165, 1.54) is 11.3 Å². The average molecular weight is 294 g/mol. The van der Waals surface area contributed by atoms with Crippen LogP contribution in [0.25, 0.3) is 11.1 Å². The minimum Gasteiger partial charge on any atom is -0.399 e. The number of carbonyl (C=O) groups is 1. The van der Waals surface area contributed by atoms with E-state index in [0.29, 0.717) is 16.3 Å². The van der Waals surface area contributed by atoms with Crippen molar-refractivity contribution in [1.29, 1.82) is 0 Å². The van der Waals surface area contributed by atoms with Gasteiger partial charge in [0.15, 0.2) is 0 Å². The Bertz CT molecular complexity index is 765. The van der Waals surface area contributed by atoms with Crippen LogP contribution in [0.5, 0.6) is 0 Å². The zero-order chi connectivity index (χ0) is 14.7. The van der Waals surface area contributed by atoms with Gasteiger partial charge in [-0.05, 0) is 40.8 Å². The Morgan fingerprint density at radius 3 is 2.52 bits per heavy atom. The van der Waals surface area contributed by atoms with Crippen molar-refractivity contribution in [2.75, 3.05) is 11.1 Å². The number of thiophene rings is 1. The summed E-state index contributed by atoms with van der Waals surface area (Å²) in [6.07, 6.45) is 0. The van der Waals surface area contributed by atoms with Gasteiger partial charge in [-0.15, -0.1) is 11.3 Å². The Kier molecular flexibility index (Phi) is 3.71. The van der Waals surface area contributed by atoms with Crippen LogP contribution in [0.1, 0.15) is 9.67 Å². The van der Waals surface area contributed by atoms with E-state index in [2.05, 4.69) is 5.32 Å². The fourth-order valence-corrected chi connectivity index (χ4v) is 2.86. The number of hydrogen-bond donors (Lipinski definition) is 2. The van der Waals surface area contributed by atoms with E-state index in [0.717, 1.165) is 11.1 Å². The van der Waals surface area contributed by atoms with Crippen molar-refractivity contribution < 1.29 is 4.79 Å². The average Bonchev–Trinajstić information content (AvgIpc) is 2.98. The maximum atomic E-state index is 12.2. The first kappa shape index (κ1) is 13.4. The molecule has 1 aromatic heterocycles. The van der Waals surface area contributed by atoms with Crippen LogP contribution >= 0.6 is 11.3 Å². The molecule has 3 rings (SSSR count). The summed E-state index contributed by atoms with van der Waals surface area (Å²) in [7, 11) is 0. The van der Waals surface area contributed by atoms with Crippen LogP contribution in [0.2, 0.25) is 0 Å². The summed E-state index contributed by atoms with van der Waals surface area (Å²) >= 11 is 1.43. The Labute approximate surface area is 127 Å². The lowest BCUT2D eigenvalue weighted by molar-refractivity contribution is 0.103. The summed E-state index contributed by atoms with van der Waals surface area (Å²) in [5.74, 6) is -0.118. The van der Waals surface area contributed by atoms with Gasteiger partial charge >= 0.3 is 0 Å². The van der Waals surface area contributed by atoms with Gasteiger partial charge in [0.1, 0.15) is 0 Å². The van der Waals surface area contributed by atoms with Gasteiger partial charge in [-0.1, -0.05) is 36.4 Å². The Balaban J connectivity index is 1.78. The second-order valence-corrected chi connectivity index (χ2v) is 5.56. The summed E-state index contributed by atoms with van der Waals surface area (Å²) in [6.45, 7) is 0. The lowest BCUT2D eigenvalue weighted by Gasteiger charge is -2.04. The van der Waals surface area contributed by atoms with E-state index in [1.54, 1.807) is 12.1 Å². The van der Waals surface area contributed by atoms with Crippen LogP contribution in [-0.2, 0) is 0 Å². The number of anilines is 2. The molecular weight excluding hydrogens is 280 g/mol. The summed E-state index contributed by atoms with van der Waals surface area (Å²) < 4.78 is 0. The molecule has 1 heterocycles. The second kappa shape index (κ2) is 5.81. The van der Waals surface area contributed by atoms with Crippen molar-refractivity contribution in [3.63, 3.8) is 0 Å². The van der Waals surface area contributed by atoms with Gasteiger partial charge in [-0.3, -0.25) is 4.79 Å². The Morgan fingerprint density at radius 2 is 1.76 bits per heavy atom. The molecule has 104 valence electrons. The molecule has 4 heteroatoms. The number of amides is 1. The van der Waals surface area contributed by atoms with Crippen LogP contribution < -0.4 is 11.1 Å². The SMILES string of the molecule is Nc1cccc(NC(=O)c2cc(-c3ccccc3)cs2)c1. The molecule has 0 fully saturated rings. The summed E-state index contributed by atoms with van der Waals surface area (Å²) in [6, 6.07) is 19.1. The smallest absolute Gasteiger partial charge is 0.265 e. The van der Waals surface area contributed by atoms with Crippen molar-refractivity contribution in [3.05, 3.63) is 70.9 Å². The largest absolute Gasteiger partial charge is 0.399 e. The van der Waals surface area contributed by atoms with Gasteiger partial charge in [-0.25, -0.2) is 0 Å². The van der Waals surface area contributed by atoms with E-state index >= 15 is 0 Å². The first-order chi connectivity index (χ1) is 10.2. The van der Waals surface area contributed by atoms with Gasteiger partial charge < -0.3 is 11.1 Å². The van der Waals surface area contributed by atoms with E-state index in [-0.39, 0.29) is 5.91 Å². The molecule has 0 radical (unpaired) electrons. The van der Waals surface area contributed by atoms with Gasteiger partial charge in [-0.2, -0.15) is 0 Å². The van der Waals surface area contributed by atoms with Crippen LogP contribution in [0.4, 0.5) is 11.4 Å². The monoisotopic (exact) mass is 294 g/mol. The fourth-order valence-electron chi connectivity index (χ4n) is 2.05. The third-order valence-electron chi connectivity index (χ3n) is 3.07. The van der Waals surface area contributed by atoms with Crippen molar-refractivity contribution in [3.8, 4) is 11.1 Å². The normalized spacial score (nSPS) is 10.3. The Morgan fingerprint density at radius 1 is 0.952 bits per heavy atom. The van der Waals surface area contributed by atoms with E-state index < -0.39 is 0 Å². The number of benzene rings is 2. The molecule has 2 aromatic carbocycles. The second-order valence-electron chi connectivity index (χ2n) is 4.65.